The van der Waals surface area contributed by atoms with Gasteiger partial charge in [-0.1, -0.05) is 111 Å². The number of alkyl halides is 6. The van der Waals surface area contributed by atoms with Crippen LogP contribution in [0.25, 0.3) is 97.9 Å². The Balaban J connectivity index is 0.964. The number of fused-ring (bicyclic) bond motifs is 6. The van der Waals surface area contributed by atoms with Gasteiger partial charge in [-0.25, -0.2) is 0 Å². The summed E-state index contributed by atoms with van der Waals surface area (Å²) in [6, 6.07) is 47.3. The Hall–Kier alpha value is -6.36. The highest BCUT2D eigenvalue weighted by atomic mass is 32.1. The maximum absolute atomic E-state index is 16.4. The minimum Gasteiger partial charge on any atom is -0.341 e. The van der Waals surface area contributed by atoms with Gasteiger partial charge >= 0.3 is 17.8 Å². The molecule has 1 aliphatic rings. The minimum absolute atomic E-state index is 0.183. The van der Waals surface area contributed by atoms with Crippen LogP contribution in [0, 0.1) is 0 Å². The zero-order valence-electron chi connectivity index (χ0n) is 37.2. The third-order valence-corrected chi connectivity index (χ3v) is 16.3. The molecule has 11 rings (SSSR count). The van der Waals surface area contributed by atoms with Crippen LogP contribution in [0.1, 0.15) is 48.6 Å². The van der Waals surface area contributed by atoms with Crippen molar-refractivity contribution >= 4 is 77.4 Å². The molecule has 4 heterocycles. The van der Waals surface area contributed by atoms with Crippen molar-refractivity contribution < 1.29 is 26.3 Å². The molecular weight excluding hydrogens is 891 g/mol. The first-order chi connectivity index (χ1) is 32.3. The van der Waals surface area contributed by atoms with Crippen LogP contribution in [0.2, 0.25) is 0 Å². The fourth-order valence-electron chi connectivity index (χ4n) is 10.3. The van der Waals surface area contributed by atoms with E-state index in [0.717, 1.165) is 102 Å². The van der Waals surface area contributed by atoms with E-state index in [1.165, 1.54) is 12.1 Å². The Morgan fingerprint density at radius 1 is 0.388 bits per heavy atom. The molecule has 0 amide bonds. The summed E-state index contributed by atoms with van der Waals surface area (Å²) in [6.07, 6.45) is 0.367. The van der Waals surface area contributed by atoms with Crippen molar-refractivity contribution in [2.75, 3.05) is 0 Å². The number of nitrogens with zero attached hydrogens (tertiary/aromatic N) is 2. The second kappa shape index (κ2) is 15.9. The lowest BCUT2D eigenvalue weighted by atomic mass is 9.93. The first kappa shape index (κ1) is 43.2. The summed E-state index contributed by atoms with van der Waals surface area (Å²) in [5.41, 5.74) is 6.67. The number of allylic oxidation sites excluding steroid dienone is 2. The Morgan fingerprint density at radius 2 is 0.731 bits per heavy atom. The molecule has 0 saturated heterocycles. The number of aromatic nitrogens is 2. The van der Waals surface area contributed by atoms with Crippen molar-refractivity contribution in [3.05, 3.63) is 166 Å². The van der Waals surface area contributed by atoms with Crippen LogP contribution in [0.3, 0.4) is 0 Å². The van der Waals surface area contributed by atoms with E-state index in [-0.39, 0.29) is 24.0 Å². The summed E-state index contributed by atoms with van der Waals surface area (Å²) in [5, 5.41) is 4.58. The number of benzene rings is 6. The predicted molar refractivity (Wildman–Crippen MR) is 268 cm³/mol. The Kier molecular flexibility index (Phi) is 10.2. The highest BCUT2D eigenvalue weighted by Gasteiger charge is 2.80. The highest BCUT2D eigenvalue weighted by molar-refractivity contribution is 7.16. The molecule has 0 bridgehead atoms. The SMILES string of the molecule is CCc1sc(-c2ccc(-c3ccc4c(c3)c3ccccc3n4CC)cc2)cc1C1=C(c2cc(-c3ccc(-c4ccc5c(c4)c4ccccc4n5CC)cc3)sc2CC)C(F)(F)C(F)(F)C1(F)F. The maximum Gasteiger partial charge on any atom is 0.380 e. The second-order valence-corrected chi connectivity index (χ2v) is 19.5. The van der Waals surface area contributed by atoms with Gasteiger partial charge < -0.3 is 9.13 Å². The van der Waals surface area contributed by atoms with E-state index in [0.29, 0.717) is 30.6 Å². The first-order valence-electron chi connectivity index (χ1n) is 22.7. The molecule has 0 atom stereocenters. The van der Waals surface area contributed by atoms with Crippen LogP contribution >= 0.6 is 22.7 Å². The number of rotatable bonds is 10. The van der Waals surface area contributed by atoms with Crippen LogP contribution < -0.4 is 0 Å². The molecule has 0 spiro atoms. The van der Waals surface area contributed by atoms with E-state index in [2.05, 4.69) is 83.6 Å². The van der Waals surface area contributed by atoms with Crippen molar-refractivity contribution in [1.29, 1.82) is 0 Å². The number of hydrogen-bond acceptors (Lipinski definition) is 2. The van der Waals surface area contributed by atoms with Gasteiger partial charge in [-0.2, -0.15) is 26.3 Å². The van der Waals surface area contributed by atoms with Crippen molar-refractivity contribution in [1.82, 2.24) is 9.13 Å². The smallest absolute Gasteiger partial charge is 0.341 e. The van der Waals surface area contributed by atoms with Crippen molar-refractivity contribution in [2.45, 2.75) is 71.4 Å². The van der Waals surface area contributed by atoms with Gasteiger partial charge in [0, 0.05) is 87.4 Å². The zero-order valence-corrected chi connectivity index (χ0v) is 38.8. The Labute approximate surface area is 392 Å². The molecule has 2 nitrogen and oxygen atoms in total. The number of aryl methyl sites for hydroxylation is 4. The highest BCUT2D eigenvalue weighted by Crippen LogP contribution is 2.66. The molecule has 0 unspecified atom stereocenters. The fraction of sp³-hybridized carbons (Fsp3) is 0.193. The van der Waals surface area contributed by atoms with Gasteiger partial charge in [-0.05, 0) is 120 Å². The Morgan fingerprint density at radius 3 is 1.10 bits per heavy atom. The molecule has 67 heavy (non-hydrogen) atoms. The van der Waals surface area contributed by atoms with E-state index >= 15 is 26.3 Å². The average molecular weight is 935 g/mol. The van der Waals surface area contributed by atoms with Gasteiger partial charge in [0.15, 0.2) is 0 Å². The van der Waals surface area contributed by atoms with Gasteiger partial charge in [-0.3, -0.25) is 0 Å². The van der Waals surface area contributed by atoms with E-state index < -0.39 is 28.9 Å². The first-order valence-corrected chi connectivity index (χ1v) is 24.3. The quantitative estimate of drug-likeness (QED) is 0.121. The largest absolute Gasteiger partial charge is 0.380 e. The molecule has 0 aliphatic heterocycles. The number of hydrogen-bond donors (Lipinski definition) is 0. The lowest BCUT2D eigenvalue weighted by molar-refractivity contribution is -0.254. The summed E-state index contributed by atoms with van der Waals surface area (Å²) in [7, 11) is 0. The van der Waals surface area contributed by atoms with E-state index in [1.807, 2.05) is 72.8 Å². The summed E-state index contributed by atoms with van der Waals surface area (Å²) < 4.78 is 102. The topological polar surface area (TPSA) is 9.86 Å². The Bertz CT molecular complexity index is 3370. The lowest BCUT2D eigenvalue weighted by Crippen LogP contribution is -2.48. The third kappa shape index (κ3) is 6.42. The average Bonchev–Trinajstić information content (AvgIpc) is 4.14. The zero-order chi connectivity index (χ0) is 46.6. The van der Waals surface area contributed by atoms with Gasteiger partial charge in [0.25, 0.3) is 0 Å². The van der Waals surface area contributed by atoms with Gasteiger partial charge in [0.1, 0.15) is 0 Å². The normalized spacial score (nSPS) is 15.6. The molecule has 336 valence electrons. The molecule has 10 aromatic rings. The van der Waals surface area contributed by atoms with E-state index in [1.54, 1.807) is 13.8 Å². The number of halogens is 6. The summed E-state index contributed by atoms with van der Waals surface area (Å²) in [6.45, 7) is 9.35. The van der Waals surface area contributed by atoms with Crippen LogP contribution in [0.5, 0.6) is 0 Å². The molecule has 0 fully saturated rings. The second-order valence-electron chi connectivity index (χ2n) is 17.2. The molecule has 0 saturated carbocycles. The third-order valence-electron chi connectivity index (χ3n) is 13.6. The van der Waals surface area contributed by atoms with Gasteiger partial charge in [0.2, 0.25) is 0 Å². The molecular formula is C57H44F6N2S2. The van der Waals surface area contributed by atoms with Crippen molar-refractivity contribution in [2.24, 2.45) is 0 Å². The maximum atomic E-state index is 16.4. The number of para-hydroxylation sites is 2. The summed E-state index contributed by atoms with van der Waals surface area (Å²) in [5.74, 6) is -16.0. The molecule has 1 aliphatic carbocycles. The molecule has 6 aromatic carbocycles. The van der Waals surface area contributed by atoms with E-state index in [9.17, 15) is 0 Å². The number of thiophene rings is 2. The van der Waals surface area contributed by atoms with Crippen LogP contribution in [0.4, 0.5) is 26.3 Å². The van der Waals surface area contributed by atoms with Crippen molar-refractivity contribution in [3.8, 4) is 43.1 Å². The van der Waals surface area contributed by atoms with Crippen LogP contribution in [0.15, 0.2) is 146 Å². The molecule has 10 heteroatoms. The summed E-state index contributed by atoms with van der Waals surface area (Å²) >= 11 is 2.33. The standard InChI is InChI=1S/C57H44F6N2S2/c1-5-49-43(31-51(66-49)35-21-17-33(18-22-35)37-25-27-47-41(29-37)39-13-9-11-15-45(39)64(47)7-3)53-54(56(60,61)57(62,63)55(53,58)59)44-32-52(67-50(44)6-2)36-23-19-34(20-24-36)38-26-28-48-42(30-38)40-14-10-12-16-46(40)65(48)8-4/h9-32H,5-8H2,1-4H3. The van der Waals surface area contributed by atoms with Crippen LogP contribution in [-0.4, -0.2) is 26.9 Å². The van der Waals surface area contributed by atoms with Gasteiger partial charge in [-0.15, -0.1) is 22.7 Å². The molecule has 0 radical (unpaired) electrons. The van der Waals surface area contributed by atoms with Gasteiger partial charge in [0.05, 0.1) is 0 Å². The van der Waals surface area contributed by atoms with Crippen LogP contribution in [-0.2, 0) is 25.9 Å². The monoisotopic (exact) mass is 934 g/mol. The van der Waals surface area contributed by atoms with E-state index in [4.69, 9.17) is 0 Å². The molecule has 4 aromatic heterocycles. The minimum atomic E-state index is -5.66. The fourth-order valence-corrected chi connectivity index (χ4v) is 12.5. The lowest BCUT2D eigenvalue weighted by Gasteiger charge is -2.25. The summed E-state index contributed by atoms with van der Waals surface area (Å²) in [4.78, 5) is 1.72. The predicted octanol–water partition coefficient (Wildman–Crippen LogP) is 17.7. The van der Waals surface area contributed by atoms with Crippen molar-refractivity contribution in [3.63, 3.8) is 0 Å². The molecule has 0 N–H and O–H groups in total.